The van der Waals surface area contributed by atoms with Gasteiger partial charge in [-0.05, 0) is 75.0 Å². The van der Waals surface area contributed by atoms with Gasteiger partial charge in [0, 0.05) is 52.4 Å². The minimum Gasteiger partial charge on any atom is -0.395 e. The summed E-state index contributed by atoms with van der Waals surface area (Å²) >= 11 is 0. The zero-order chi connectivity index (χ0) is 73.5. The number of nitrogens with two attached hydrogens (primary N) is 1. The molecule has 0 radical (unpaired) electrons. The molecule has 0 saturated heterocycles. The maximum absolute atomic E-state index is 15.4. The lowest BCUT2D eigenvalue weighted by Crippen LogP contribution is -2.54. The summed E-state index contributed by atoms with van der Waals surface area (Å²) in [5.74, 6) is -3.47. The number of rotatable bonds is 65. The summed E-state index contributed by atoms with van der Waals surface area (Å²) in [5.41, 5.74) is 5.69. The van der Waals surface area contributed by atoms with E-state index in [4.69, 9.17) is 5.73 Å². The molecular formula is C77H148N10O11. The van der Waals surface area contributed by atoms with Gasteiger partial charge in [-0.15, -0.1) is 0 Å². The van der Waals surface area contributed by atoms with Crippen molar-refractivity contribution in [3.63, 3.8) is 0 Å². The van der Waals surface area contributed by atoms with Gasteiger partial charge >= 0.3 is 0 Å². The van der Waals surface area contributed by atoms with Crippen molar-refractivity contribution in [2.75, 3.05) is 124 Å². The van der Waals surface area contributed by atoms with Gasteiger partial charge < -0.3 is 60.5 Å². The van der Waals surface area contributed by atoms with Gasteiger partial charge in [-0.2, -0.15) is 0 Å². The molecule has 0 saturated carbocycles. The van der Waals surface area contributed by atoms with Crippen molar-refractivity contribution in [3.05, 3.63) is 0 Å². The molecule has 0 heterocycles. The van der Waals surface area contributed by atoms with Crippen LogP contribution in [0.2, 0.25) is 0 Å². The monoisotopic (exact) mass is 1390 g/mol. The second kappa shape index (κ2) is 59.8. The van der Waals surface area contributed by atoms with Gasteiger partial charge in [0.15, 0.2) is 0 Å². The highest BCUT2D eigenvalue weighted by Gasteiger charge is 2.33. The van der Waals surface area contributed by atoms with Crippen LogP contribution < -0.4 is 11.1 Å². The molecule has 5 N–H and O–H groups in total. The third-order valence-electron chi connectivity index (χ3n) is 19.6. The van der Waals surface area contributed by atoms with Crippen LogP contribution in [-0.4, -0.2) is 233 Å². The summed E-state index contributed by atoms with van der Waals surface area (Å²) in [6.45, 7) is 24.1. The summed E-state index contributed by atoms with van der Waals surface area (Å²) in [4.78, 5) is 144. The Morgan fingerprint density at radius 2 is 0.500 bits per heavy atom. The van der Waals surface area contributed by atoms with Gasteiger partial charge in [0.25, 0.3) is 0 Å². The predicted molar refractivity (Wildman–Crippen MR) is 398 cm³/mol. The topological polar surface area (TPSA) is 258 Å². The normalized spacial score (nSPS) is 12.6. The molecule has 0 aliphatic heterocycles. The summed E-state index contributed by atoms with van der Waals surface area (Å²) in [6, 6.07) is -0.714. The van der Waals surface area contributed by atoms with Crippen LogP contribution in [0, 0.1) is 23.7 Å². The SMILES string of the molecule is CCCCCCN(CC(N)=O)C(=O)CN(CC(CC)CCCC)C(=O)CN(CCCCCC)C(=O)CN(CC(CC)CCCC)C(=O)CN(CCCCCC)C(=O)CN(CC(CC)CCCC)C(=O)CN(CCCCCC)C(=O)CN(CC(CC)CCCC)C(=O)CNC(CO)CO. The molecule has 9 amide bonds. The molecule has 4 atom stereocenters. The molecule has 0 fully saturated rings. The first-order chi connectivity index (χ1) is 47.2. The fourth-order valence-corrected chi connectivity index (χ4v) is 12.6. The molecule has 0 rings (SSSR count). The Hall–Kier alpha value is -4.89. The Bertz CT molecular complexity index is 2140. The quantitative estimate of drug-likeness (QED) is 0.0415. The van der Waals surface area contributed by atoms with Crippen LogP contribution in [0.5, 0.6) is 0 Å². The lowest BCUT2D eigenvalue weighted by molar-refractivity contribution is -0.149. The first-order valence-corrected chi connectivity index (χ1v) is 39.6. The summed E-state index contributed by atoms with van der Waals surface area (Å²) < 4.78 is 0. The van der Waals surface area contributed by atoms with E-state index in [9.17, 15) is 34.2 Å². The Labute approximate surface area is 596 Å². The molecule has 0 aromatic carbocycles. The number of aliphatic hydroxyl groups excluding tert-OH is 2. The molecule has 0 spiro atoms. The van der Waals surface area contributed by atoms with E-state index in [0.717, 1.165) is 180 Å². The minimum absolute atomic E-state index is 0.0386. The van der Waals surface area contributed by atoms with E-state index in [1.165, 1.54) is 4.90 Å². The zero-order valence-electron chi connectivity index (χ0n) is 64.7. The van der Waals surface area contributed by atoms with Crippen LogP contribution in [0.1, 0.15) is 289 Å². The first kappa shape index (κ1) is 93.1. The van der Waals surface area contributed by atoms with Crippen LogP contribution in [0.3, 0.4) is 0 Å². The van der Waals surface area contributed by atoms with E-state index in [-0.39, 0.29) is 152 Å². The predicted octanol–water partition coefficient (Wildman–Crippen LogP) is 11.2. The maximum atomic E-state index is 15.4. The van der Waals surface area contributed by atoms with Crippen molar-refractivity contribution >= 4 is 53.2 Å². The molecule has 4 unspecified atom stereocenters. The number of amides is 9. The standard InChI is InChI=1S/C77H148N10O11/c1-13-25-33-37-45-80(54-69(78)90)71(92)59-85(51-65(22-10)42-30-18-6)75(96)56-82(47-39-35-27-15-3)73(94)61-87(53-67(24-12)44-32-20-8)77(98)57-83(48-40-36-28-16-4)74(95)60-86(52-66(23-11)43-31-19-7)76(97)55-81(46-38-34-26-14-2)72(93)58-84(50-64(21-9)41-29-17-5)70(91)49-79-68(62-88)63-89/h64-68,79,88-89H,13-63H2,1-12H3,(H2,78,90). The number of hydrogen-bond acceptors (Lipinski definition) is 12. The van der Waals surface area contributed by atoms with E-state index < -0.39 is 35.6 Å². The zero-order valence-corrected chi connectivity index (χ0v) is 64.7. The van der Waals surface area contributed by atoms with E-state index in [0.29, 0.717) is 45.3 Å². The number of unbranched alkanes of at least 4 members (excludes halogenated alkanes) is 16. The Kier molecular flexibility index (Phi) is 56.8. The van der Waals surface area contributed by atoms with Crippen molar-refractivity contribution < 1.29 is 53.4 Å². The van der Waals surface area contributed by atoms with Crippen LogP contribution in [-0.2, 0) is 43.2 Å². The maximum Gasteiger partial charge on any atom is 0.242 e. The highest BCUT2D eigenvalue weighted by Crippen LogP contribution is 2.21. The van der Waals surface area contributed by atoms with Gasteiger partial charge in [-0.1, -0.05) is 237 Å². The molecule has 0 aliphatic rings. The number of nitrogens with one attached hydrogen (secondary N) is 1. The summed E-state index contributed by atoms with van der Waals surface area (Å²) in [6.07, 6.45) is 27.5. The Balaban J connectivity index is 7.87. The second-order valence-corrected chi connectivity index (χ2v) is 28.2. The van der Waals surface area contributed by atoms with Crippen molar-refractivity contribution in [1.82, 2.24) is 44.5 Å². The van der Waals surface area contributed by atoms with Gasteiger partial charge in [-0.3, -0.25) is 43.2 Å². The molecule has 572 valence electrons. The number of hydrogen-bond donors (Lipinski definition) is 4. The molecular weight excluding hydrogens is 1240 g/mol. The average Bonchev–Trinajstić information content (AvgIpc) is 0.888. The largest absolute Gasteiger partial charge is 0.395 e. The van der Waals surface area contributed by atoms with Gasteiger partial charge in [0.2, 0.25) is 53.2 Å². The molecule has 0 aromatic rings. The first-order valence-electron chi connectivity index (χ1n) is 39.6. The fraction of sp³-hybridized carbons (Fsp3) is 0.883. The van der Waals surface area contributed by atoms with Crippen molar-refractivity contribution in [2.24, 2.45) is 29.4 Å². The minimum atomic E-state index is -0.714. The molecule has 21 nitrogen and oxygen atoms in total. The highest BCUT2D eigenvalue weighted by atomic mass is 16.3. The third kappa shape index (κ3) is 42.4. The number of nitrogens with zero attached hydrogens (tertiary/aromatic N) is 8. The molecule has 0 aliphatic carbocycles. The highest BCUT2D eigenvalue weighted by molar-refractivity contribution is 5.94. The van der Waals surface area contributed by atoms with Crippen LogP contribution in [0.15, 0.2) is 0 Å². The summed E-state index contributed by atoms with van der Waals surface area (Å²) in [7, 11) is 0. The lowest BCUT2D eigenvalue weighted by atomic mass is 9.98. The second-order valence-electron chi connectivity index (χ2n) is 28.2. The number of primary amides is 1. The number of aliphatic hydroxyl groups is 2. The molecule has 0 bridgehead atoms. The fourth-order valence-electron chi connectivity index (χ4n) is 12.6. The molecule has 21 heteroatoms. The van der Waals surface area contributed by atoms with Crippen molar-refractivity contribution in [1.29, 1.82) is 0 Å². The Morgan fingerprint density at radius 1 is 0.286 bits per heavy atom. The Morgan fingerprint density at radius 3 is 0.714 bits per heavy atom. The lowest BCUT2D eigenvalue weighted by Gasteiger charge is -2.35. The van der Waals surface area contributed by atoms with Crippen LogP contribution in [0.25, 0.3) is 0 Å². The molecule has 98 heavy (non-hydrogen) atoms. The van der Waals surface area contributed by atoms with Gasteiger partial charge in [-0.25, -0.2) is 0 Å². The number of carbonyl (C=O) groups is 9. The van der Waals surface area contributed by atoms with Crippen molar-refractivity contribution in [2.45, 2.75) is 295 Å². The van der Waals surface area contributed by atoms with Gasteiger partial charge in [0.1, 0.15) is 0 Å². The van der Waals surface area contributed by atoms with Crippen LogP contribution >= 0.6 is 0 Å². The van der Waals surface area contributed by atoms with E-state index in [1.807, 2.05) is 0 Å². The van der Waals surface area contributed by atoms with Crippen molar-refractivity contribution in [3.8, 4) is 0 Å². The number of carbonyl (C=O) groups excluding carboxylic acids is 9. The van der Waals surface area contributed by atoms with E-state index in [1.54, 1.807) is 34.3 Å². The van der Waals surface area contributed by atoms with Crippen LogP contribution in [0.4, 0.5) is 0 Å². The van der Waals surface area contributed by atoms with Gasteiger partial charge in [0.05, 0.1) is 78.2 Å². The average molecular weight is 1390 g/mol. The third-order valence-corrected chi connectivity index (χ3v) is 19.6. The van der Waals surface area contributed by atoms with E-state index in [2.05, 4.69) is 88.4 Å². The molecule has 0 aromatic heterocycles. The van der Waals surface area contributed by atoms with E-state index >= 15 is 19.2 Å². The summed E-state index contributed by atoms with van der Waals surface area (Å²) in [5, 5.41) is 22.5. The smallest absolute Gasteiger partial charge is 0.242 e.